The second kappa shape index (κ2) is 10.4. The van der Waals surface area contributed by atoms with Crippen LogP contribution in [0.5, 0.6) is 0 Å². The molecule has 1 aliphatic carbocycles. The molecule has 2 heterocycles. The molecule has 1 N–H and O–H groups in total. The van der Waals surface area contributed by atoms with E-state index in [1.807, 2.05) is 11.8 Å². The van der Waals surface area contributed by atoms with Gasteiger partial charge < -0.3 is 10.2 Å². The van der Waals surface area contributed by atoms with E-state index in [0.29, 0.717) is 31.8 Å². The van der Waals surface area contributed by atoms with Gasteiger partial charge in [0.05, 0.1) is 5.92 Å². The summed E-state index contributed by atoms with van der Waals surface area (Å²) in [6.45, 7) is 4.08. The van der Waals surface area contributed by atoms with Crippen molar-refractivity contribution < 1.29 is 9.59 Å². The second-order valence-corrected chi connectivity index (χ2v) is 10.1. The molecule has 6 nitrogen and oxygen atoms in total. The van der Waals surface area contributed by atoms with E-state index in [-0.39, 0.29) is 17.7 Å². The van der Waals surface area contributed by atoms with E-state index in [1.54, 1.807) is 23.1 Å². The number of nitrogens with one attached hydrogen (secondary N) is 1. The standard InChI is InChI=1S/C19H30N4O2S2/c1-14-21-22-19(27-14)26-11-5-10-20-18(25)16-8-9-17(24)23(13-16)12-15-6-3-2-4-7-15/h15-16H,2-13H2,1H3,(H,20,25)/t16-/m1/s1. The first kappa shape index (κ1) is 20.6. The van der Waals surface area contributed by atoms with Crippen molar-refractivity contribution in [2.75, 3.05) is 25.4 Å². The minimum Gasteiger partial charge on any atom is -0.356 e. The fraction of sp³-hybridized carbons (Fsp3) is 0.789. The minimum atomic E-state index is -0.0512. The molecule has 1 saturated heterocycles. The highest BCUT2D eigenvalue weighted by atomic mass is 32.2. The molecule has 0 aromatic carbocycles. The number of hydrogen-bond donors (Lipinski definition) is 1. The molecule has 1 atom stereocenters. The lowest BCUT2D eigenvalue weighted by atomic mass is 9.87. The Labute approximate surface area is 169 Å². The topological polar surface area (TPSA) is 75.2 Å². The van der Waals surface area contributed by atoms with Gasteiger partial charge in [0.15, 0.2) is 4.34 Å². The maximum atomic E-state index is 12.5. The lowest BCUT2D eigenvalue weighted by Gasteiger charge is -2.35. The summed E-state index contributed by atoms with van der Waals surface area (Å²) in [5, 5.41) is 12.1. The van der Waals surface area contributed by atoms with Gasteiger partial charge in [0, 0.05) is 31.8 Å². The summed E-state index contributed by atoms with van der Waals surface area (Å²) in [6.07, 6.45) is 8.45. The number of carbonyl (C=O) groups is 2. The van der Waals surface area contributed by atoms with E-state index in [4.69, 9.17) is 0 Å². The predicted molar refractivity (Wildman–Crippen MR) is 109 cm³/mol. The Morgan fingerprint density at radius 2 is 2.07 bits per heavy atom. The number of thioether (sulfide) groups is 1. The Morgan fingerprint density at radius 3 is 2.81 bits per heavy atom. The van der Waals surface area contributed by atoms with Crippen molar-refractivity contribution in [3.63, 3.8) is 0 Å². The first-order chi connectivity index (χ1) is 13.1. The molecule has 1 aromatic rings. The fourth-order valence-electron chi connectivity index (χ4n) is 3.91. The maximum Gasteiger partial charge on any atom is 0.224 e. The lowest BCUT2D eigenvalue weighted by molar-refractivity contribution is -0.139. The molecule has 27 heavy (non-hydrogen) atoms. The molecular formula is C19H30N4O2S2. The molecule has 8 heteroatoms. The highest BCUT2D eigenvalue weighted by Crippen LogP contribution is 2.27. The van der Waals surface area contributed by atoms with Crippen LogP contribution in [0.25, 0.3) is 0 Å². The molecule has 150 valence electrons. The number of hydrogen-bond acceptors (Lipinski definition) is 6. The molecule has 2 aliphatic rings. The number of nitrogens with zero attached hydrogens (tertiary/aromatic N) is 3. The summed E-state index contributed by atoms with van der Waals surface area (Å²) < 4.78 is 0.989. The van der Waals surface area contributed by atoms with Crippen LogP contribution in [-0.2, 0) is 9.59 Å². The van der Waals surface area contributed by atoms with Crippen LogP contribution in [-0.4, -0.2) is 52.3 Å². The van der Waals surface area contributed by atoms with Gasteiger partial charge in [0.1, 0.15) is 5.01 Å². The third-order valence-corrected chi connectivity index (χ3v) is 7.49. The van der Waals surface area contributed by atoms with Gasteiger partial charge in [-0.3, -0.25) is 9.59 Å². The van der Waals surface area contributed by atoms with Crippen LogP contribution >= 0.6 is 23.1 Å². The number of amides is 2. The largest absolute Gasteiger partial charge is 0.356 e. The number of aryl methyl sites for hydroxylation is 1. The molecule has 1 saturated carbocycles. The van der Waals surface area contributed by atoms with Crippen LogP contribution in [0.4, 0.5) is 0 Å². The fourth-order valence-corrected chi connectivity index (χ4v) is 5.74. The average Bonchev–Trinajstić information content (AvgIpc) is 3.09. The summed E-state index contributed by atoms with van der Waals surface area (Å²) in [5.74, 6) is 1.84. The first-order valence-corrected chi connectivity index (χ1v) is 11.9. The Hall–Kier alpha value is -1.15. The first-order valence-electron chi connectivity index (χ1n) is 10.1. The summed E-state index contributed by atoms with van der Waals surface area (Å²) in [6, 6.07) is 0. The van der Waals surface area contributed by atoms with Gasteiger partial charge in [-0.05, 0) is 38.5 Å². The number of aromatic nitrogens is 2. The summed E-state index contributed by atoms with van der Waals surface area (Å²) in [4.78, 5) is 26.7. The van der Waals surface area contributed by atoms with Gasteiger partial charge in [0.25, 0.3) is 0 Å². The van der Waals surface area contributed by atoms with Crippen molar-refractivity contribution in [1.29, 1.82) is 0 Å². The normalized spacial score (nSPS) is 21.4. The third kappa shape index (κ3) is 6.45. The monoisotopic (exact) mass is 410 g/mol. The Balaban J connectivity index is 1.35. The molecule has 1 aliphatic heterocycles. The van der Waals surface area contributed by atoms with Crippen molar-refractivity contribution in [3.05, 3.63) is 5.01 Å². The zero-order chi connectivity index (χ0) is 19.1. The quantitative estimate of drug-likeness (QED) is 0.526. The van der Waals surface area contributed by atoms with E-state index in [9.17, 15) is 9.59 Å². The van der Waals surface area contributed by atoms with Crippen LogP contribution in [0.3, 0.4) is 0 Å². The molecule has 0 bridgehead atoms. The van der Waals surface area contributed by atoms with Gasteiger partial charge in [-0.1, -0.05) is 42.4 Å². The number of rotatable bonds is 8. The van der Waals surface area contributed by atoms with E-state index < -0.39 is 0 Å². The maximum absolute atomic E-state index is 12.5. The summed E-state index contributed by atoms with van der Waals surface area (Å²) in [5.41, 5.74) is 0. The minimum absolute atomic E-state index is 0.0512. The highest BCUT2D eigenvalue weighted by molar-refractivity contribution is 8.01. The van der Waals surface area contributed by atoms with Crippen LogP contribution in [0.1, 0.15) is 56.4 Å². The summed E-state index contributed by atoms with van der Waals surface area (Å²) >= 11 is 3.29. The van der Waals surface area contributed by atoms with E-state index in [1.165, 1.54) is 32.1 Å². The van der Waals surface area contributed by atoms with E-state index >= 15 is 0 Å². The number of piperidine rings is 1. The highest BCUT2D eigenvalue weighted by Gasteiger charge is 2.31. The molecular weight excluding hydrogens is 380 g/mol. The Bertz CT molecular complexity index is 631. The predicted octanol–water partition coefficient (Wildman–Crippen LogP) is 3.26. The third-order valence-electron chi connectivity index (χ3n) is 5.43. The molecule has 2 fully saturated rings. The smallest absolute Gasteiger partial charge is 0.224 e. The van der Waals surface area contributed by atoms with Crippen LogP contribution in [0.2, 0.25) is 0 Å². The van der Waals surface area contributed by atoms with Crippen LogP contribution < -0.4 is 5.32 Å². The summed E-state index contributed by atoms with van der Waals surface area (Å²) in [7, 11) is 0. The van der Waals surface area contributed by atoms with Crippen molar-refractivity contribution in [2.24, 2.45) is 11.8 Å². The molecule has 1 aromatic heterocycles. The molecule has 0 unspecified atom stereocenters. The number of carbonyl (C=O) groups excluding carboxylic acids is 2. The zero-order valence-electron chi connectivity index (χ0n) is 16.1. The van der Waals surface area contributed by atoms with Gasteiger partial charge in [-0.25, -0.2) is 0 Å². The second-order valence-electron chi connectivity index (χ2n) is 7.62. The van der Waals surface area contributed by atoms with Gasteiger partial charge in [-0.2, -0.15) is 0 Å². The van der Waals surface area contributed by atoms with Gasteiger partial charge >= 0.3 is 0 Å². The molecule has 0 radical (unpaired) electrons. The van der Waals surface area contributed by atoms with Crippen molar-refractivity contribution in [1.82, 2.24) is 20.4 Å². The van der Waals surface area contributed by atoms with Gasteiger partial charge in [-0.15, -0.1) is 10.2 Å². The zero-order valence-corrected chi connectivity index (χ0v) is 17.7. The lowest BCUT2D eigenvalue weighted by Crippen LogP contribution is -2.47. The SMILES string of the molecule is Cc1nnc(SCCCNC(=O)[C@@H]2CCC(=O)N(CC3CCCCC3)C2)s1. The van der Waals surface area contributed by atoms with Gasteiger partial charge in [0.2, 0.25) is 11.8 Å². The molecule has 0 spiro atoms. The van der Waals surface area contributed by atoms with Crippen LogP contribution in [0.15, 0.2) is 4.34 Å². The Kier molecular flexibility index (Phi) is 7.93. The Morgan fingerprint density at radius 1 is 1.26 bits per heavy atom. The van der Waals surface area contributed by atoms with Crippen molar-refractivity contribution in [2.45, 2.75) is 62.6 Å². The molecule has 2 amide bonds. The van der Waals surface area contributed by atoms with Crippen LogP contribution in [0, 0.1) is 18.8 Å². The van der Waals surface area contributed by atoms with Crippen molar-refractivity contribution in [3.8, 4) is 0 Å². The van der Waals surface area contributed by atoms with E-state index in [2.05, 4.69) is 15.5 Å². The van der Waals surface area contributed by atoms with Crippen molar-refractivity contribution >= 4 is 34.9 Å². The van der Waals surface area contributed by atoms with E-state index in [0.717, 1.165) is 28.1 Å². The number of likely N-dealkylation sites (tertiary alicyclic amines) is 1. The average molecular weight is 411 g/mol. The molecule has 3 rings (SSSR count).